The Balaban J connectivity index is 2.05. The Kier molecular flexibility index (Phi) is 3.11. The second kappa shape index (κ2) is 4.36. The van der Waals surface area contributed by atoms with Crippen molar-refractivity contribution in [1.82, 2.24) is 4.90 Å². The minimum atomic E-state index is 0.644. The SMILES string of the molecule is Cc1ccc(C(C)C(C)N2CCC2)cc1. The van der Waals surface area contributed by atoms with Gasteiger partial charge < -0.3 is 0 Å². The second-order valence-electron chi connectivity index (χ2n) is 4.83. The molecular weight excluding hydrogens is 182 g/mol. The lowest BCUT2D eigenvalue weighted by Gasteiger charge is -2.39. The molecule has 1 heterocycles. The summed E-state index contributed by atoms with van der Waals surface area (Å²) in [4.78, 5) is 2.57. The van der Waals surface area contributed by atoms with Gasteiger partial charge in [-0.1, -0.05) is 36.8 Å². The topological polar surface area (TPSA) is 3.24 Å². The lowest BCUT2D eigenvalue weighted by molar-refractivity contribution is 0.113. The first-order valence-corrected chi connectivity index (χ1v) is 5.99. The lowest BCUT2D eigenvalue weighted by atomic mass is 9.91. The van der Waals surface area contributed by atoms with E-state index in [0.29, 0.717) is 12.0 Å². The number of likely N-dealkylation sites (tertiary alicyclic amines) is 1. The molecule has 0 spiro atoms. The minimum absolute atomic E-state index is 0.644. The van der Waals surface area contributed by atoms with Crippen molar-refractivity contribution in [3.05, 3.63) is 35.4 Å². The van der Waals surface area contributed by atoms with Crippen LogP contribution in [0, 0.1) is 6.92 Å². The van der Waals surface area contributed by atoms with Gasteiger partial charge in [-0.2, -0.15) is 0 Å². The summed E-state index contributed by atoms with van der Waals surface area (Å²) in [6.45, 7) is 9.42. The van der Waals surface area contributed by atoms with Gasteiger partial charge in [0.1, 0.15) is 0 Å². The third-order valence-electron chi connectivity index (χ3n) is 3.79. The van der Waals surface area contributed by atoms with Crippen molar-refractivity contribution >= 4 is 0 Å². The fraction of sp³-hybridized carbons (Fsp3) is 0.571. The van der Waals surface area contributed by atoms with Gasteiger partial charge in [0.15, 0.2) is 0 Å². The summed E-state index contributed by atoms with van der Waals surface area (Å²) in [5, 5.41) is 0. The van der Waals surface area contributed by atoms with Gasteiger partial charge in [0.25, 0.3) is 0 Å². The van der Waals surface area contributed by atoms with Crippen molar-refractivity contribution in [2.24, 2.45) is 0 Å². The summed E-state index contributed by atoms with van der Waals surface area (Å²) in [6.07, 6.45) is 1.38. The highest BCUT2D eigenvalue weighted by Gasteiger charge is 2.25. The van der Waals surface area contributed by atoms with Crippen molar-refractivity contribution in [2.45, 2.75) is 39.2 Å². The molecule has 0 radical (unpaired) electrons. The number of nitrogens with zero attached hydrogens (tertiary/aromatic N) is 1. The van der Waals surface area contributed by atoms with E-state index in [4.69, 9.17) is 0 Å². The molecule has 0 aliphatic carbocycles. The first kappa shape index (κ1) is 10.7. The van der Waals surface area contributed by atoms with E-state index in [-0.39, 0.29) is 0 Å². The molecule has 1 aliphatic heterocycles. The van der Waals surface area contributed by atoms with Crippen LogP contribution in [-0.2, 0) is 0 Å². The van der Waals surface area contributed by atoms with E-state index in [2.05, 4.69) is 49.9 Å². The average molecular weight is 203 g/mol. The number of aryl methyl sites for hydroxylation is 1. The van der Waals surface area contributed by atoms with E-state index in [1.807, 2.05) is 0 Å². The number of rotatable bonds is 3. The summed E-state index contributed by atoms with van der Waals surface area (Å²) >= 11 is 0. The molecule has 1 aliphatic rings. The summed E-state index contributed by atoms with van der Waals surface area (Å²) in [5.74, 6) is 0.644. The van der Waals surface area contributed by atoms with Gasteiger partial charge in [-0.05, 0) is 44.8 Å². The van der Waals surface area contributed by atoms with Crippen molar-refractivity contribution in [1.29, 1.82) is 0 Å². The van der Waals surface area contributed by atoms with E-state index >= 15 is 0 Å². The van der Waals surface area contributed by atoms with Crippen molar-refractivity contribution in [2.75, 3.05) is 13.1 Å². The highest BCUT2D eigenvalue weighted by atomic mass is 15.2. The molecule has 82 valence electrons. The summed E-state index contributed by atoms with van der Waals surface area (Å²) in [6, 6.07) is 9.66. The van der Waals surface area contributed by atoms with Crippen LogP contribution in [-0.4, -0.2) is 24.0 Å². The number of hydrogen-bond acceptors (Lipinski definition) is 1. The Hall–Kier alpha value is -0.820. The zero-order valence-electron chi connectivity index (χ0n) is 10.0. The van der Waals surface area contributed by atoms with Crippen LogP contribution in [0.2, 0.25) is 0 Å². The normalized spacial score (nSPS) is 20.7. The highest BCUT2D eigenvalue weighted by molar-refractivity contribution is 5.25. The van der Waals surface area contributed by atoms with E-state index in [1.165, 1.54) is 30.6 Å². The maximum absolute atomic E-state index is 2.57. The van der Waals surface area contributed by atoms with Crippen LogP contribution in [0.15, 0.2) is 24.3 Å². The third-order valence-corrected chi connectivity index (χ3v) is 3.79. The molecule has 2 unspecified atom stereocenters. The zero-order chi connectivity index (χ0) is 10.8. The van der Waals surface area contributed by atoms with Gasteiger partial charge >= 0.3 is 0 Å². The molecular formula is C14H21N. The smallest absolute Gasteiger partial charge is 0.0133 e. The molecule has 0 aromatic heterocycles. The molecule has 15 heavy (non-hydrogen) atoms. The molecule has 0 N–H and O–H groups in total. The van der Waals surface area contributed by atoms with Gasteiger partial charge in [0, 0.05) is 6.04 Å². The van der Waals surface area contributed by atoms with E-state index in [9.17, 15) is 0 Å². The van der Waals surface area contributed by atoms with Crippen LogP contribution in [0.5, 0.6) is 0 Å². The Morgan fingerprint density at radius 1 is 1.07 bits per heavy atom. The van der Waals surface area contributed by atoms with Gasteiger partial charge in [-0.25, -0.2) is 0 Å². The molecule has 2 rings (SSSR count). The monoisotopic (exact) mass is 203 g/mol. The largest absolute Gasteiger partial charge is 0.300 e. The van der Waals surface area contributed by atoms with E-state index in [0.717, 1.165) is 0 Å². The molecule has 1 fully saturated rings. The van der Waals surface area contributed by atoms with Crippen LogP contribution in [0.3, 0.4) is 0 Å². The molecule has 1 saturated heterocycles. The third kappa shape index (κ3) is 2.23. The van der Waals surface area contributed by atoms with Crippen molar-refractivity contribution in [3.8, 4) is 0 Å². The van der Waals surface area contributed by atoms with Crippen LogP contribution < -0.4 is 0 Å². The summed E-state index contributed by atoms with van der Waals surface area (Å²) in [7, 11) is 0. The standard InChI is InChI=1S/C14H21N/c1-11-5-7-14(8-6-11)12(2)13(3)15-9-4-10-15/h5-8,12-13H,4,9-10H2,1-3H3. The van der Waals surface area contributed by atoms with Crippen LogP contribution in [0.4, 0.5) is 0 Å². The van der Waals surface area contributed by atoms with Gasteiger partial charge in [-0.15, -0.1) is 0 Å². The molecule has 1 nitrogen and oxygen atoms in total. The molecule has 1 aromatic carbocycles. The van der Waals surface area contributed by atoms with Crippen molar-refractivity contribution < 1.29 is 0 Å². The average Bonchev–Trinajstić information content (AvgIpc) is 2.15. The van der Waals surface area contributed by atoms with E-state index in [1.54, 1.807) is 0 Å². The Bertz CT molecular complexity index is 311. The second-order valence-corrected chi connectivity index (χ2v) is 4.83. The summed E-state index contributed by atoms with van der Waals surface area (Å²) < 4.78 is 0. The fourth-order valence-electron chi connectivity index (χ4n) is 2.21. The summed E-state index contributed by atoms with van der Waals surface area (Å²) in [5.41, 5.74) is 2.82. The molecule has 0 bridgehead atoms. The van der Waals surface area contributed by atoms with Crippen LogP contribution >= 0.6 is 0 Å². The minimum Gasteiger partial charge on any atom is -0.300 e. The fourth-order valence-corrected chi connectivity index (χ4v) is 2.21. The highest BCUT2D eigenvalue weighted by Crippen LogP contribution is 2.26. The molecule has 1 aromatic rings. The quantitative estimate of drug-likeness (QED) is 0.729. The van der Waals surface area contributed by atoms with Crippen LogP contribution in [0.25, 0.3) is 0 Å². The zero-order valence-corrected chi connectivity index (χ0v) is 10.0. The Morgan fingerprint density at radius 2 is 1.67 bits per heavy atom. The first-order chi connectivity index (χ1) is 7.18. The van der Waals surface area contributed by atoms with Gasteiger partial charge in [0.05, 0.1) is 0 Å². The van der Waals surface area contributed by atoms with Gasteiger partial charge in [-0.3, -0.25) is 4.90 Å². The Morgan fingerprint density at radius 3 is 2.13 bits per heavy atom. The first-order valence-electron chi connectivity index (χ1n) is 5.99. The Labute approximate surface area is 93.1 Å². The van der Waals surface area contributed by atoms with Crippen molar-refractivity contribution in [3.63, 3.8) is 0 Å². The number of benzene rings is 1. The van der Waals surface area contributed by atoms with Crippen LogP contribution in [0.1, 0.15) is 37.3 Å². The maximum atomic E-state index is 2.57. The van der Waals surface area contributed by atoms with E-state index < -0.39 is 0 Å². The molecule has 2 atom stereocenters. The molecule has 0 saturated carbocycles. The molecule has 1 heteroatoms. The molecule has 0 amide bonds. The van der Waals surface area contributed by atoms with Gasteiger partial charge in [0.2, 0.25) is 0 Å². The lowest BCUT2D eigenvalue weighted by Crippen LogP contribution is -2.45. The maximum Gasteiger partial charge on any atom is 0.0133 e. The predicted octanol–water partition coefficient (Wildman–Crippen LogP) is 3.19. The number of hydrogen-bond donors (Lipinski definition) is 0. The predicted molar refractivity (Wildman–Crippen MR) is 65.2 cm³/mol.